The lowest BCUT2D eigenvalue weighted by atomic mass is 10.2. The molecular weight excluding hydrogens is 379 g/mol. The van der Waals surface area contributed by atoms with Crippen molar-refractivity contribution in [1.82, 2.24) is 9.62 Å². The lowest BCUT2D eigenvalue weighted by Gasteiger charge is -2.23. The fourth-order valence-electron chi connectivity index (χ4n) is 2.33. The van der Waals surface area contributed by atoms with Gasteiger partial charge in [-0.25, -0.2) is 12.8 Å². The summed E-state index contributed by atoms with van der Waals surface area (Å²) in [6, 6.07) is 11.3. The molecule has 0 heterocycles. The first-order chi connectivity index (χ1) is 12.2. The number of carbonyl (C=O) groups is 1. The molecule has 0 radical (unpaired) electrons. The van der Waals surface area contributed by atoms with E-state index in [2.05, 4.69) is 5.32 Å². The molecule has 26 heavy (non-hydrogen) atoms. The van der Waals surface area contributed by atoms with Crippen LogP contribution in [0.15, 0.2) is 53.4 Å². The van der Waals surface area contributed by atoms with Crippen LogP contribution in [-0.4, -0.2) is 31.2 Å². The van der Waals surface area contributed by atoms with Gasteiger partial charge in [0.1, 0.15) is 5.82 Å². The second kappa shape index (κ2) is 8.62. The minimum atomic E-state index is -4.02. The molecule has 0 fully saturated rings. The third kappa shape index (κ3) is 5.27. The highest BCUT2D eigenvalue weighted by atomic mass is 35.5. The van der Waals surface area contributed by atoms with Gasteiger partial charge in [0.25, 0.3) is 0 Å². The lowest BCUT2D eigenvalue weighted by molar-refractivity contribution is -0.121. The van der Waals surface area contributed by atoms with E-state index in [4.69, 9.17) is 11.6 Å². The number of amides is 1. The number of rotatable bonds is 7. The van der Waals surface area contributed by atoms with Crippen molar-refractivity contribution in [2.24, 2.45) is 0 Å². The van der Waals surface area contributed by atoms with Crippen LogP contribution >= 0.6 is 11.6 Å². The van der Waals surface area contributed by atoms with E-state index in [0.717, 1.165) is 4.31 Å². The fourth-order valence-corrected chi connectivity index (χ4v) is 3.83. The van der Waals surface area contributed by atoms with Crippen molar-refractivity contribution in [2.75, 3.05) is 6.54 Å². The van der Waals surface area contributed by atoms with Crippen LogP contribution in [0.25, 0.3) is 0 Å². The number of sulfonamides is 1. The average molecular weight is 399 g/mol. The van der Waals surface area contributed by atoms with E-state index in [1.165, 1.54) is 42.5 Å². The summed E-state index contributed by atoms with van der Waals surface area (Å²) in [4.78, 5) is 12.1. The van der Waals surface area contributed by atoms with Gasteiger partial charge < -0.3 is 5.32 Å². The molecule has 0 unspecified atom stereocenters. The van der Waals surface area contributed by atoms with E-state index in [1.54, 1.807) is 19.9 Å². The first kappa shape index (κ1) is 20.4. The normalized spacial score (nSPS) is 11.8. The van der Waals surface area contributed by atoms with Gasteiger partial charge in [0.05, 0.1) is 11.4 Å². The van der Waals surface area contributed by atoms with Crippen molar-refractivity contribution in [1.29, 1.82) is 0 Å². The van der Waals surface area contributed by atoms with Crippen LogP contribution in [-0.2, 0) is 21.4 Å². The van der Waals surface area contributed by atoms with Gasteiger partial charge in [0.15, 0.2) is 0 Å². The van der Waals surface area contributed by atoms with Gasteiger partial charge in [0, 0.05) is 23.2 Å². The highest BCUT2D eigenvalue weighted by Gasteiger charge is 2.27. The van der Waals surface area contributed by atoms with Crippen molar-refractivity contribution in [3.05, 3.63) is 64.9 Å². The molecule has 1 N–H and O–H groups in total. The molecule has 0 aliphatic heterocycles. The Hall–Kier alpha value is -1.96. The first-order valence-corrected chi connectivity index (χ1v) is 9.80. The number of nitrogens with one attached hydrogen (secondary N) is 1. The summed E-state index contributed by atoms with van der Waals surface area (Å²) in [5, 5.41) is 3.04. The van der Waals surface area contributed by atoms with Crippen LogP contribution in [0.4, 0.5) is 4.39 Å². The zero-order valence-corrected chi connectivity index (χ0v) is 16.0. The van der Waals surface area contributed by atoms with Crippen molar-refractivity contribution in [3.8, 4) is 0 Å². The molecule has 0 atom stereocenters. The molecular formula is C18H20ClFN2O3S. The van der Waals surface area contributed by atoms with E-state index < -0.39 is 28.3 Å². The highest BCUT2D eigenvalue weighted by Crippen LogP contribution is 2.21. The Morgan fingerprint density at radius 3 is 2.35 bits per heavy atom. The van der Waals surface area contributed by atoms with Gasteiger partial charge >= 0.3 is 0 Å². The number of nitrogens with zero attached hydrogens (tertiary/aromatic N) is 1. The van der Waals surface area contributed by atoms with Gasteiger partial charge in [-0.3, -0.25) is 4.79 Å². The zero-order valence-electron chi connectivity index (χ0n) is 14.4. The Morgan fingerprint density at radius 2 is 1.77 bits per heavy atom. The van der Waals surface area contributed by atoms with Crippen LogP contribution in [0, 0.1) is 5.82 Å². The van der Waals surface area contributed by atoms with Crippen molar-refractivity contribution in [3.63, 3.8) is 0 Å². The molecule has 5 nitrogen and oxygen atoms in total. The highest BCUT2D eigenvalue weighted by molar-refractivity contribution is 7.89. The maximum absolute atomic E-state index is 14.0. The Labute approximate surface area is 157 Å². The molecule has 2 rings (SSSR count). The maximum atomic E-state index is 14.0. The van der Waals surface area contributed by atoms with Gasteiger partial charge in [0.2, 0.25) is 15.9 Å². The Bertz CT molecular complexity index is 870. The topological polar surface area (TPSA) is 66.5 Å². The summed E-state index contributed by atoms with van der Waals surface area (Å²) < 4.78 is 40.9. The Morgan fingerprint density at radius 1 is 1.15 bits per heavy atom. The predicted octanol–water partition coefficient (Wildman–Crippen LogP) is 3.19. The van der Waals surface area contributed by atoms with Crippen LogP contribution in [0.5, 0.6) is 0 Å². The molecule has 2 aromatic rings. The number of benzene rings is 2. The molecule has 2 aromatic carbocycles. The minimum Gasteiger partial charge on any atom is -0.353 e. The van der Waals surface area contributed by atoms with Crippen LogP contribution < -0.4 is 5.32 Å². The molecule has 0 aromatic heterocycles. The van der Waals surface area contributed by atoms with Crippen LogP contribution in [0.3, 0.4) is 0 Å². The minimum absolute atomic E-state index is 0.0180. The average Bonchev–Trinajstić information content (AvgIpc) is 2.56. The van der Waals surface area contributed by atoms with Gasteiger partial charge in [-0.2, -0.15) is 4.31 Å². The summed E-state index contributed by atoms with van der Waals surface area (Å²) in [6.07, 6.45) is 0. The van der Waals surface area contributed by atoms with Gasteiger partial charge in [-0.05, 0) is 44.2 Å². The zero-order chi connectivity index (χ0) is 19.3. The molecule has 1 amide bonds. The summed E-state index contributed by atoms with van der Waals surface area (Å²) >= 11 is 5.81. The smallest absolute Gasteiger partial charge is 0.243 e. The quantitative estimate of drug-likeness (QED) is 0.778. The van der Waals surface area contributed by atoms with Crippen LogP contribution in [0.1, 0.15) is 19.4 Å². The van der Waals surface area contributed by atoms with E-state index >= 15 is 0 Å². The van der Waals surface area contributed by atoms with Gasteiger partial charge in [-0.15, -0.1) is 0 Å². The van der Waals surface area contributed by atoms with Crippen molar-refractivity contribution in [2.45, 2.75) is 31.3 Å². The third-order valence-electron chi connectivity index (χ3n) is 3.53. The Balaban J connectivity index is 2.37. The maximum Gasteiger partial charge on any atom is 0.243 e. The molecule has 0 aliphatic rings. The summed E-state index contributed by atoms with van der Waals surface area (Å²) in [5.74, 6) is -0.998. The summed E-state index contributed by atoms with van der Waals surface area (Å²) in [5.41, 5.74) is 0.183. The molecule has 0 spiro atoms. The molecule has 0 saturated carbocycles. The van der Waals surface area contributed by atoms with E-state index in [9.17, 15) is 17.6 Å². The fraction of sp³-hybridized carbons (Fsp3) is 0.278. The molecule has 140 valence electrons. The van der Waals surface area contributed by atoms with Crippen LogP contribution in [0.2, 0.25) is 5.02 Å². The predicted molar refractivity (Wildman–Crippen MR) is 98.7 cm³/mol. The second-order valence-electron chi connectivity index (χ2n) is 6.04. The van der Waals surface area contributed by atoms with Gasteiger partial charge in [-0.1, -0.05) is 29.8 Å². The van der Waals surface area contributed by atoms with E-state index in [-0.39, 0.29) is 23.0 Å². The third-order valence-corrected chi connectivity index (χ3v) is 5.58. The number of hydrogen-bond donors (Lipinski definition) is 1. The van der Waals surface area contributed by atoms with Crippen molar-refractivity contribution >= 4 is 27.5 Å². The molecule has 8 heteroatoms. The number of hydrogen-bond acceptors (Lipinski definition) is 3. The molecule has 0 aliphatic carbocycles. The van der Waals surface area contributed by atoms with Crippen molar-refractivity contribution < 1.29 is 17.6 Å². The molecule has 0 bridgehead atoms. The first-order valence-electron chi connectivity index (χ1n) is 7.98. The standard InChI is InChI=1S/C18H20ClFN2O3S/c1-13(2)21-18(23)12-22(11-14-5-3-4-6-17(14)20)26(24,25)16-9-7-15(19)8-10-16/h3-10,13H,11-12H2,1-2H3,(H,21,23). The molecule has 0 saturated heterocycles. The summed E-state index contributed by atoms with van der Waals surface area (Å²) in [6.45, 7) is 2.86. The number of halogens is 2. The van der Waals surface area contributed by atoms with E-state index in [0.29, 0.717) is 5.02 Å². The Kier molecular flexibility index (Phi) is 6.75. The number of carbonyl (C=O) groups excluding carboxylic acids is 1. The lowest BCUT2D eigenvalue weighted by Crippen LogP contribution is -2.42. The monoisotopic (exact) mass is 398 g/mol. The SMILES string of the molecule is CC(C)NC(=O)CN(Cc1ccccc1F)S(=O)(=O)c1ccc(Cl)cc1. The van der Waals surface area contributed by atoms with E-state index in [1.807, 2.05) is 0 Å². The summed E-state index contributed by atoms with van der Waals surface area (Å²) in [7, 11) is -4.02. The largest absolute Gasteiger partial charge is 0.353 e. The second-order valence-corrected chi connectivity index (χ2v) is 8.42.